The number of aliphatic carboxylic acids is 1. The van der Waals surface area contributed by atoms with Crippen molar-refractivity contribution < 1.29 is 19.4 Å². The molecule has 1 amide bonds. The number of ether oxygens (including phenoxy) is 1. The summed E-state index contributed by atoms with van der Waals surface area (Å²) in [6.07, 6.45) is -0.699. The third-order valence-electron chi connectivity index (χ3n) is 2.71. The van der Waals surface area contributed by atoms with Crippen molar-refractivity contribution in [3.05, 3.63) is 28.6 Å². The lowest BCUT2D eigenvalue weighted by molar-refractivity contribution is -0.135. The molecular weight excluding hydrogens is 326 g/mol. The molecule has 22 heavy (non-hydrogen) atoms. The van der Waals surface area contributed by atoms with Gasteiger partial charge in [-0.25, -0.2) is 4.79 Å². The van der Waals surface area contributed by atoms with Crippen molar-refractivity contribution in [1.29, 1.82) is 0 Å². The number of benzene rings is 1. The van der Waals surface area contributed by atoms with Gasteiger partial charge in [-0.05, 0) is 39.0 Å². The fourth-order valence-corrected chi connectivity index (χ4v) is 3.00. The van der Waals surface area contributed by atoms with Crippen LogP contribution in [0.4, 0.5) is 10.5 Å². The van der Waals surface area contributed by atoms with Gasteiger partial charge in [-0.2, -0.15) is 0 Å². The highest BCUT2D eigenvalue weighted by molar-refractivity contribution is 7.17. The minimum atomic E-state index is -1.12. The zero-order valence-corrected chi connectivity index (χ0v) is 14.0. The van der Waals surface area contributed by atoms with Crippen LogP contribution in [0.2, 0.25) is 5.02 Å². The van der Waals surface area contributed by atoms with Crippen LogP contribution in [0, 0.1) is 0 Å². The zero-order valence-electron chi connectivity index (χ0n) is 12.4. The zero-order chi connectivity index (χ0) is 16.5. The molecule has 0 atom stereocenters. The number of hydrogen-bond acceptors (Lipinski definition) is 4. The molecule has 1 aromatic heterocycles. The first kappa shape index (κ1) is 16.6. The summed E-state index contributed by atoms with van der Waals surface area (Å²) >= 11 is 7.41. The number of carbonyl (C=O) groups is 2. The van der Waals surface area contributed by atoms with Crippen LogP contribution >= 0.6 is 22.9 Å². The quantitative estimate of drug-likeness (QED) is 0.899. The molecule has 118 valence electrons. The molecular formula is C15H16ClNO4S. The van der Waals surface area contributed by atoms with Crippen LogP contribution in [-0.4, -0.2) is 29.3 Å². The van der Waals surface area contributed by atoms with E-state index in [9.17, 15) is 9.59 Å². The number of nitrogens with zero attached hydrogens (tertiary/aromatic N) is 1. The molecule has 0 fully saturated rings. The Bertz CT molecular complexity index is 720. The number of carbonyl (C=O) groups excluding carboxylic acids is 1. The van der Waals surface area contributed by atoms with Crippen molar-refractivity contribution in [2.75, 3.05) is 11.4 Å². The molecule has 0 saturated carbocycles. The topological polar surface area (TPSA) is 66.8 Å². The number of amides is 1. The molecule has 0 bridgehead atoms. The number of rotatable bonds is 3. The second-order valence-electron chi connectivity index (χ2n) is 5.72. The Hall–Kier alpha value is -1.79. The highest BCUT2D eigenvalue weighted by Gasteiger charge is 2.27. The molecule has 1 N–H and O–H groups in total. The van der Waals surface area contributed by atoms with E-state index in [2.05, 4.69) is 0 Å². The van der Waals surface area contributed by atoms with Crippen molar-refractivity contribution in [2.24, 2.45) is 0 Å². The summed E-state index contributed by atoms with van der Waals surface area (Å²) in [5, 5.41) is 12.1. The Kier molecular flexibility index (Phi) is 4.63. The number of carboxylic acids is 1. The van der Waals surface area contributed by atoms with Gasteiger partial charge in [0, 0.05) is 20.5 Å². The minimum Gasteiger partial charge on any atom is -0.480 e. The lowest BCUT2D eigenvalue weighted by atomic mass is 10.2. The second kappa shape index (κ2) is 6.14. The van der Waals surface area contributed by atoms with Crippen molar-refractivity contribution in [2.45, 2.75) is 26.4 Å². The highest BCUT2D eigenvalue weighted by Crippen LogP contribution is 2.35. The van der Waals surface area contributed by atoms with Gasteiger partial charge in [0.05, 0.1) is 5.69 Å². The predicted molar refractivity (Wildman–Crippen MR) is 88.1 cm³/mol. The molecule has 0 aliphatic rings. The van der Waals surface area contributed by atoms with Crippen molar-refractivity contribution >= 4 is 50.8 Å². The Morgan fingerprint density at radius 2 is 2.05 bits per heavy atom. The first-order valence-corrected chi connectivity index (χ1v) is 7.82. The molecule has 2 rings (SSSR count). The van der Waals surface area contributed by atoms with E-state index in [0.29, 0.717) is 10.7 Å². The van der Waals surface area contributed by atoms with Crippen LogP contribution < -0.4 is 4.90 Å². The monoisotopic (exact) mass is 341 g/mol. The number of anilines is 1. The molecule has 0 saturated heterocycles. The van der Waals surface area contributed by atoms with Gasteiger partial charge in [-0.15, -0.1) is 11.3 Å². The molecule has 2 aromatic rings. The number of thiophene rings is 1. The van der Waals surface area contributed by atoms with E-state index < -0.39 is 24.2 Å². The van der Waals surface area contributed by atoms with Crippen LogP contribution in [0.3, 0.4) is 0 Å². The standard InChI is InChI=1S/C15H16ClNO4S/c1-15(2,3)21-14(20)17(7-13(18)19)11-8-22-12-5-4-9(16)6-10(11)12/h4-6,8H,7H2,1-3H3,(H,18,19). The highest BCUT2D eigenvalue weighted by atomic mass is 35.5. The fraction of sp³-hybridized carbons (Fsp3) is 0.333. The van der Waals surface area contributed by atoms with Crippen LogP contribution in [0.25, 0.3) is 10.1 Å². The van der Waals surface area contributed by atoms with Crippen molar-refractivity contribution in [1.82, 2.24) is 0 Å². The molecule has 1 heterocycles. The Labute approximate surface area is 137 Å². The van der Waals surface area contributed by atoms with Gasteiger partial charge in [0.2, 0.25) is 0 Å². The maximum absolute atomic E-state index is 12.3. The Morgan fingerprint density at radius 3 is 2.64 bits per heavy atom. The fourth-order valence-electron chi connectivity index (χ4n) is 1.90. The lowest BCUT2D eigenvalue weighted by Crippen LogP contribution is -2.39. The van der Waals surface area contributed by atoms with Gasteiger partial charge in [0.25, 0.3) is 0 Å². The van der Waals surface area contributed by atoms with E-state index >= 15 is 0 Å². The van der Waals surface area contributed by atoms with Gasteiger partial charge in [0.15, 0.2) is 0 Å². The van der Waals surface area contributed by atoms with Crippen LogP contribution in [0.5, 0.6) is 0 Å². The second-order valence-corrected chi connectivity index (χ2v) is 7.07. The van der Waals surface area contributed by atoms with Gasteiger partial charge in [0.1, 0.15) is 12.1 Å². The summed E-state index contributed by atoms with van der Waals surface area (Å²) in [6, 6.07) is 5.29. The largest absolute Gasteiger partial charge is 0.480 e. The number of halogens is 1. The molecule has 5 nitrogen and oxygen atoms in total. The normalized spacial score (nSPS) is 11.5. The van der Waals surface area contributed by atoms with Crippen LogP contribution in [0.1, 0.15) is 20.8 Å². The predicted octanol–water partition coefficient (Wildman–Crippen LogP) is 4.38. The van der Waals surface area contributed by atoms with Crippen molar-refractivity contribution in [3.63, 3.8) is 0 Å². The first-order valence-electron chi connectivity index (χ1n) is 6.56. The van der Waals surface area contributed by atoms with Gasteiger partial charge in [-0.3, -0.25) is 9.69 Å². The average Bonchev–Trinajstić information content (AvgIpc) is 2.76. The third kappa shape index (κ3) is 3.90. The van der Waals surface area contributed by atoms with Gasteiger partial charge in [-0.1, -0.05) is 11.6 Å². The van der Waals surface area contributed by atoms with Gasteiger partial charge < -0.3 is 9.84 Å². The Balaban J connectivity index is 2.45. The number of fused-ring (bicyclic) bond motifs is 1. The van der Waals surface area contributed by atoms with E-state index in [4.69, 9.17) is 21.4 Å². The summed E-state index contributed by atoms with van der Waals surface area (Å²) in [6.45, 7) is 4.71. The maximum Gasteiger partial charge on any atom is 0.415 e. The van der Waals surface area contributed by atoms with E-state index in [1.54, 1.807) is 38.3 Å². The maximum atomic E-state index is 12.3. The molecule has 0 radical (unpaired) electrons. The number of hydrogen-bond donors (Lipinski definition) is 1. The smallest absolute Gasteiger partial charge is 0.415 e. The number of carboxylic acid groups (broad SMARTS) is 1. The molecule has 0 spiro atoms. The molecule has 0 unspecified atom stereocenters. The van der Waals surface area contributed by atoms with E-state index in [-0.39, 0.29) is 0 Å². The average molecular weight is 342 g/mol. The summed E-state index contributed by atoms with van der Waals surface area (Å²) in [7, 11) is 0. The molecule has 0 aliphatic heterocycles. The first-order chi connectivity index (χ1) is 10.2. The van der Waals surface area contributed by atoms with E-state index in [0.717, 1.165) is 15.0 Å². The molecule has 0 aliphatic carbocycles. The summed E-state index contributed by atoms with van der Waals surface area (Å²) < 4.78 is 6.21. The molecule has 1 aromatic carbocycles. The van der Waals surface area contributed by atoms with E-state index in [1.807, 2.05) is 6.07 Å². The van der Waals surface area contributed by atoms with Crippen LogP contribution in [-0.2, 0) is 9.53 Å². The Morgan fingerprint density at radius 1 is 1.36 bits per heavy atom. The van der Waals surface area contributed by atoms with Crippen molar-refractivity contribution in [3.8, 4) is 0 Å². The molecule has 7 heteroatoms. The summed E-state index contributed by atoms with van der Waals surface area (Å²) in [5.74, 6) is -1.12. The van der Waals surface area contributed by atoms with E-state index in [1.165, 1.54) is 11.3 Å². The lowest BCUT2D eigenvalue weighted by Gasteiger charge is -2.26. The van der Waals surface area contributed by atoms with Crippen LogP contribution in [0.15, 0.2) is 23.6 Å². The van der Waals surface area contributed by atoms with Gasteiger partial charge >= 0.3 is 12.1 Å². The SMILES string of the molecule is CC(C)(C)OC(=O)N(CC(=O)O)c1csc2ccc(Cl)cc12. The third-order valence-corrected chi connectivity index (χ3v) is 3.90. The summed E-state index contributed by atoms with van der Waals surface area (Å²) in [5.41, 5.74) is -0.226. The summed E-state index contributed by atoms with van der Waals surface area (Å²) in [4.78, 5) is 24.6. The minimum absolute atomic E-state index is 0.479.